The van der Waals surface area contributed by atoms with E-state index in [0.29, 0.717) is 0 Å². The van der Waals surface area contributed by atoms with Crippen molar-refractivity contribution in [2.75, 3.05) is 13.4 Å². The number of hydrogen-bond acceptors (Lipinski definition) is 4. The standard InChI is InChI=1S/C2H8NO3P/c1-6-7(4,5)2-3/h2-3H2,1H3,(H,4,5)/p-1. The van der Waals surface area contributed by atoms with Gasteiger partial charge >= 0.3 is 0 Å². The lowest BCUT2D eigenvalue weighted by atomic mass is 11.6. The van der Waals surface area contributed by atoms with Gasteiger partial charge in [0.25, 0.3) is 0 Å². The summed E-state index contributed by atoms with van der Waals surface area (Å²) in [5.74, 6) is 0. The molecule has 44 valence electrons. The Morgan fingerprint density at radius 1 is 2.00 bits per heavy atom. The Kier molecular flexibility index (Phi) is 2.46. The quantitative estimate of drug-likeness (QED) is 0.484. The van der Waals surface area contributed by atoms with Gasteiger partial charge in [0.1, 0.15) is 7.60 Å². The number of rotatable bonds is 2. The van der Waals surface area contributed by atoms with Gasteiger partial charge in [0.05, 0.1) is 6.29 Å². The van der Waals surface area contributed by atoms with Crippen LogP contribution in [0.15, 0.2) is 0 Å². The third kappa shape index (κ3) is 2.76. The van der Waals surface area contributed by atoms with Crippen molar-refractivity contribution in [2.45, 2.75) is 0 Å². The fourth-order valence-electron chi connectivity index (χ4n) is 0.0745. The predicted molar refractivity (Wildman–Crippen MR) is 23.7 cm³/mol. The minimum atomic E-state index is -3.63. The molecule has 0 aliphatic heterocycles. The Bertz CT molecular complexity index is 84.9. The lowest BCUT2D eigenvalue weighted by molar-refractivity contribution is -0.196. The largest absolute Gasteiger partial charge is 0.778 e. The summed E-state index contributed by atoms with van der Waals surface area (Å²) in [6.07, 6.45) is -0.427. The molecule has 0 aromatic rings. The summed E-state index contributed by atoms with van der Waals surface area (Å²) in [6.45, 7) is 0. The molecule has 0 aliphatic carbocycles. The maximum atomic E-state index is 10.0. The smallest absolute Gasteiger partial charge is 0.148 e. The first-order valence-corrected chi connectivity index (χ1v) is 3.41. The lowest BCUT2D eigenvalue weighted by Crippen LogP contribution is -2.12. The fraction of sp³-hybridized carbons (Fsp3) is 1.00. The molecule has 0 saturated heterocycles. The lowest BCUT2D eigenvalue weighted by Gasteiger charge is -2.16. The second-order valence-electron chi connectivity index (χ2n) is 0.976. The highest BCUT2D eigenvalue weighted by molar-refractivity contribution is 7.51. The summed E-state index contributed by atoms with van der Waals surface area (Å²) in [5, 5.41) is 0. The molecular formula is C2H7NO3P-. The highest BCUT2D eigenvalue weighted by Crippen LogP contribution is 2.31. The van der Waals surface area contributed by atoms with Gasteiger partial charge in [-0.05, 0) is 0 Å². The fourth-order valence-corrected chi connectivity index (χ4v) is 0.224. The van der Waals surface area contributed by atoms with E-state index in [0.717, 1.165) is 7.11 Å². The van der Waals surface area contributed by atoms with Crippen molar-refractivity contribution in [3.05, 3.63) is 0 Å². The Balaban J connectivity index is 3.61. The van der Waals surface area contributed by atoms with Crippen LogP contribution in [-0.2, 0) is 9.09 Å². The van der Waals surface area contributed by atoms with Crippen LogP contribution in [0.3, 0.4) is 0 Å². The van der Waals surface area contributed by atoms with Gasteiger partial charge in [-0.1, -0.05) is 0 Å². The van der Waals surface area contributed by atoms with Crippen LogP contribution < -0.4 is 10.6 Å². The van der Waals surface area contributed by atoms with E-state index in [1.54, 1.807) is 0 Å². The van der Waals surface area contributed by atoms with Gasteiger partial charge in [0, 0.05) is 7.11 Å². The van der Waals surface area contributed by atoms with Crippen LogP contribution >= 0.6 is 7.60 Å². The van der Waals surface area contributed by atoms with Gasteiger partial charge in [-0.15, -0.1) is 0 Å². The summed E-state index contributed by atoms with van der Waals surface area (Å²) >= 11 is 0. The van der Waals surface area contributed by atoms with Crippen molar-refractivity contribution in [2.24, 2.45) is 5.73 Å². The zero-order chi connectivity index (χ0) is 5.91. The molecule has 0 saturated carbocycles. The monoisotopic (exact) mass is 124 g/mol. The molecule has 1 atom stereocenters. The van der Waals surface area contributed by atoms with Gasteiger partial charge in [0.15, 0.2) is 0 Å². The van der Waals surface area contributed by atoms with E-state index in [2.05, 4.69) is 4.52 Å². The van der Waals surface area contributed by atoms with E-state index in [1.165, 1.54) is 0 Å². The van der Waals surface area contributed by atoms with E-state index in [4.69, 9.17) is 5.73 Å². The second-order valence-corrected chi connectivity index (χ2v) is 2.93. The van der Waals surface area contributed by atoms with Gasteiger partial charge in [0.2, 0.25) is 0 Å². The van der Waals surface area contributed by atoms with Gasteiger partial charge < -0.3 is 19.7 Å². The van der Waals surface area contributed by atoms with Crippen LogP contribution in [-0.4, -0.2) is 13.4 Å². The SMILES string of the molecule is COP(=O)([O-])CN. The average molecular weight is 124 g/mol. The van der Waals surface area contributed by atoms with E-state index in [1.807, 2.05) is 0 Å². The molecule has 5 heteroatoms. The molecule has 4 nitrogen and oxygen atoms in total. The molecule has 0 amide bonds. The third-order valence-electron chi connectivity index (χ3n) is 0.502. The summed E-state index contributed by atoms with van der Waals surface area (Å²) in [7, 11) is -2.54. The van der Waals surface area contributed by atoms with E-state index < -0.39 is 13.9 Å². The van der Waals surface area contributed by atoms with Crippen molar-refractivity contribution in [1.29, 1.82) is 0 Å². The van der Waals surface area contributed by atoms with Crippen LogP contribution in [0.25, 0.3) is 0 Å². The van der Waals surface area contributed by atoms with Crippen molar-refractivity contribution >= 4 is 7.60 Å². The molecule has 0 aromatic heterocycles. The topological polar surface area (TPSA) is 75.4 Å². The molecule has 0 aromatic carbocycles. The van der Waals surface area contributed by atoms with Gasteiger partial charge in [-0.3, -0.25) is 0 Å². The van der Waals surface area contributed by atoms with Crippen LogP contribution in [0.5, 0.6) is 0 Å². The molecule has 0 radical (unpaired) electrons. The first kappa shape index (κ1) is 7.11. The molecule has 0 heterocycles. The normalized spacial score (nSPS) is 18.7. The molecule has 0 fully saturated rings. The molecular weight excluding hydrogens is 117 g/mol. The highest BCUT2D eigenvalue weighted by Gasteiger charge is 1.97. The van der Waals surface area contributed by atoms with Crippen LogP contribution in [0.1, 0.15) is 0 Å². The first-order chi connectivity index (χ1) is 3.12. The number of nitrogens with two attached hydrogens (primary N) is 1. The zero-order valence-electron chi connectivity index (χ0n) is 3.96. The molecule has 0 aliphatic rings. The predicted octanol–water partition coefficient (Wildman–Crippen LogP) is -0.898. The van der Waals surface area contributed by atoms with Crippen molar-refractivity contribution in [3.8, 4) is 0 Å². The summed E-state index contributed by atoms with van der Waals surface area (Å²) in [6, 6.07) is 0. The molecule has 7 heavy (non-hydrogen) atoms. The number of hydrogen-bond donors (Lipinski definition) is 1. The van der Waals surface area contributed by atoms with E-state index in [9.17, 15) is 9.46 Å². The Morgan fingerprint density at radius 3 is 2.43 bits per heavy atom. The zero-order valence-corrected chi connectivity index (χ0v) is 4.85. The molecule has 0 bridgehead atoms. The Labute approximate surface area is 41.8 Å². The van der Waals surface area contributed by atoms with Crippen molar-refractivity contribution < 1.29 is 14.0 Å². The third-order valence-corrected chi connectivity index (χ3v) is 1.51. The molecule has 2 N–H and O–H groups in total. The van der Waals surface area contributed by atoms with Crippen LogP contribution in [0.2, 0.25) is 0 Å². The summed E-state index contributed by atoms with van der Waals surface area (Å²) < 4.78 is 14.0. The maximum Gasteiger partial charge on any atom is 0.148 e. The average Bonchev–Trinajstić information content (AvgIpc) is 1.68. The second kappa shape index (κ2) is 2.43. The Morgan fingerprint density at radius 2 is 2.43 bits per heavy atom. The summed E-state index contributed by atoms with van der Waals surface area (Å²) in [5.41, 5.74) is 4.72. The highest BCUT2D eigenvalue weighted by atomic mass is 31.2. The van der Waals surface area contributed by atoms with Crippen molar-refractivity contribution in [3.63, 3.8) is 0 Å². The van der Waals surface area contributed by atoms with E-state index >= 15 is 0 Å². The summed E-state index contributed by atoms with van der Waals surface area (Å²) in [4.78, 5) is 10.0. The van der Waals surface area contributed by atoms with Gasteiger partial charge in [-0.2, -0.15) is 0 Å². The maximum absolute atomic E-state index is 10.0. The van der Waals surface area contributed by atoms with Crippen LogP contribution in [0, 0.1) is 0 Å². The van der Waals surface area contributed by atoms with Crippen molar-refractivity contribution in [1.82, 2.24) is 0 Å². The minimum Gasteiger partial charge on any atom is -0.778 e. The Hall–Kier alpha value is 0.110. The van der Waals surface area contributed by atoms with Gasteiger partial charge in [-0.25, -0.2) is 0 Å². The molecule has 0 rings (SSSR count). The van der Waals surface area contributed by atoms with E-state index in [-0.39, 0.29) is 0 Å². The molecule has 1 unspecified atom stereocenters. The minimum absolute atomic E-state index is 0.427. The molecule has 0 spiro atoms. The van der Waals surface area contributed by atoms with Crippen LogP contribution in [0.4, 0.5) is 0 Å². The first-order valence-electron chi connectivity index (χ1n) is 1.68.